The lowest BCUT2D eigenvalue weighted by atomic mass is 9.73. The molecule has 0 aromatic heterocycles. The van der Waals surface area contributed by atoms with Crippen LogP contribution in [0.3, 0.4) is 0 Å². The van der Waals surface area contributed by atoms with Gasteiger partial charge < -0.3 is 5.32 Å². The van der Waals surface area contributed by atoms with Crippen molar-refractivity contribution in [2.45, 2.75) is 84.1 Å². The standard InChI is InChI=1S/C35H43N/c1-5-8-9-11-14-27-17-19-29(20-18-27)30-21-22-33(35(4,6-2)7-3)32(25-30)34-26-31(23-24-36-34)28-15-12-10-13-16-28/h10,12-13,15-26,34,36H,5-9,11,14H2,1-4H3. The molecule has 0 radical (unpaired) electrons. The molecule has 3 aromatic rings. The van der Waals surface area contributed by atoms with Gasteiger partial charge in [-0.25, -0.2) is 0 Å². The molecule has 0 amide bonds. The van der Waals surface area contributed by atoms with E-state index in [1.54, 1.807) is 0 Å². The number of aryl methyl sites for hydroxylation is 1. The average molecular weight is 478 g/mol. The molecule has 188 valence electrons. The number of nitrogens with one attached hydrogen (secondary N) is 1. The van der Waals surface area contributed by atoms with Gasteiger partial charge in [-0.3, -0.25) is 0 Å². The molecule has 36 heavy (non-hydrogen) atoms. The minimum absolute atomic E-state index is 0.149. The van der Waals surface area contributed by atoms with Crippen molar-refractivity contribution in [2.75, 3.05) is 0 Å². The number of hydrogen-bond donors (Lipinski definition) is 1. The van der Waals surface area contributed by atoms with Crippen molar-refractivity contribution >= 4 is 5.57 Å². The Morgan fingerprint density at radius 1 is 0.750 bits per heavy atom. The van der Waals surface area contributed by atoms with Crippen LogP contribution >= 0.6 is 0 Å². The van der Waals surface area contributed by atoms with Crippen molar-refractivity contribution in [3.8, 4) is 11.1 Å². The lowest BCUT2D eigenvalue weighted by Crippen LogP contribution is -2.26. The Labute approximate surface area is 219 Å². The number of unbranched alkanes of at least 4 members (excludes halogenated alkanes) is 3. The van der Waals surface area contributed by atoms with Crippen LogP contribution in [0.4, 0.5) is 0 Å². The lowest BCUT2D eigenvalue weighted by Gasteiger charge is -2.33. The fraction of sp³-hybridized carbons (Fsp3) is 0.371. The summed E-state index contributed by atoms with van der Waals surface area (Å²) in [5.74, 6) is 0. The van der Waals surface area contributed by atoms with Crippen LogP contribution in [-0.2, 0) is 11.8 Å². The molecule has 3 aromatic carbocycles. The molecule has 1 N–H and O–H groups in total. The molecule has 1 heterocycles. The fourth-order valence-corrected chi connectivity index (χ4v) is 5.33. The molecule has 0 saturated heterocycles. The SMILES string of the molecule is CCCCCCc1ccc(-c2ccc(C(C)(CC)CC)c(C3C=C(c4ccccc4)C=CN3)c2)cc1. The number of hydrogen-bond acceptors (Lipinski definition) is 1. The summed E-state index contributed by atoms with van der Waals surface area (Å²) >= 11 is 0. The van der Waals surface area contributed by atoms with Gasteiger partial charge in [-0.15, -0.1) is 0 Å². The van der Waals surface area contributed by atoms with Gasteiger partial charge >= 0.3 is 0 Å². The molecular formula is C35H43N. The van der Waals surface area contributed by atoms with E-state index in [4.69, 9.17) is 0 Å². The third-order valence-electron chi connectivity index (χ3n) is 8.20. The highest BCUT2D eigenvalue weighted by molar-refractivity contribution is 5.76. The molecule has 0 aliphatic carbocycles. The number of dihydropyridines is 1. The van der Waals surface area contributed by atoms with E-state index >= 15 is 0 Å². The molecule has 1 unspecified atom stereocenters. The average Bonchev–Trinajstić information content (AvgIpc) is 2.95. The van der Waals surface area contributed by atoms with Crippen molar-refractivity contribution in [2.24, 2.45) is 0 Å². The van der Waals surface area contributed by atoms with Crippen LogP contribution in [0.2, 0.25) is 0 Å². The summed E-state index contributed by atoms with van der Waals surface area (Å²) in [6.07, 6.45) is 15.4. The fourth-order valence-electron chi connectivity index (χ4n) is 5.33. The Balaban J connectivity index is 1.68. The van der Waals surface area contributed by atoms with E-state index in [1.807, 2.05) is 0 Å². The van der Waals surface area contributed by atoms with Crippen molar-refractivity contribution in [3.05, 3.63) is 113 Å². The van der Waals surface area contributed by atoms with Gasteiger partial charge in [-0.05, 0) is 94.5 Å². The normalized spacial score (nSPS) is 15.4. The van der Waals surface area contributed by atoms with Crippen molar-refractivity contribution in [1.29, 1.82) is 0 Å². The smallest absolute Gasteiger partial charge is 0.0704 e. The first-order chi connectivity index (χ1) is 17.6. The van der Waals surface area contributed by atoms with E-state index in [9.17, 15) is 0 Å². The molecule has 1 heteroatoms. The van der Waals surface area contributed by atoms with Crippen LogP contribution in [0.5, 0.6) is 0 Å². The first-order valence-corrected chi connectivity index (χ1v) is 14.0. The quantitative estimate of drug-likeness (QED) is 0.271. The molecule has 1 atom stereocenters. The second-order valence-electron chi connectivity index (χ2n) is 10.5. The van der Waals surface area contributed by atoms with Gasteiger partial charge in [0.15, 0.2) is 0 Å². The maximum absolute atomic E-state index is 3.66. The van der Waals surface area contributed by atoms with Gasteiger partial charge in [0.25, 0.3) is 0 Å². The summed E-state index contributed by atoms with van der Waals surface area (Å²) in [4.78, 5) is 0. The van der Waals surface area contributed by atoms with E-state index < -0.39 is 0 Å². The van der Waals surface area contributed by atoms with Crippen LogP contribution in [0.15, 0.2) is 91.1 Å². The molecule has 0 saturated carbocycles. The Bertz CT molecular complexity index is 1160. The van der Waals surface area contributed by atoms with Gasteiger partial charge in [0.05, 0.1) is 6.04 Å². The van der Waals surface area contributed by atoms with Gasteiger partial charge in [-0.2, -0.15) is 0 Å². The molecule has 1 nitrogen and oxygen atoms in total. The van der Waals surface area contributed by atoms with E-state index in [0.717, 1.165) is 12.8 Å². The summed E-state index contributed by atoms with van der Waals surface area (Å²) in [7, 11) is 0. The van der Waals surface area contributed by atoms with Gasteiger partial charge in [0.2, 0.25) is 0 Å². The Kier molecular flexibility index (Phi) is 8.86. The minimum atomic E-state index is 0.149. The first kappa shape index (κ1) is 26.0. The zero-order chi connectivity index (χ0) is 25.4. The van der Waals surface area contributed by atoms with Crippen LogP contribution in [0.25, 0.3) is 16.7 Å². The molecule has 1 aliphatic rings. The zero-order valence-electron chi connectivity index (χ0n) is 22.7. The summed E-state index contributed by atoms with van der Waals surface area (Å²) in [5.41, 5.74) is 9.59. The predicted molar refractivity (Wildman–Crippen MR) is 157 cm³/mol. The van der Waals surface area contributed by atoms with Crippen molar-refractivity contribution in [3.63, 3.8) is 0 Å². The highest BCUT2D eigenvalue weighted by Gasteiger charge is 2.28. The molecule has 0 bridgehead atoms. The molecule has 0 spiro atoms. The summed E-state index contributed by atoms with van der Waals surface area (Å²) in [6.45, 7) is 9.33. The molecule has 4 rings (SSSR count). The van der Waals surface area contributed by atoms with Crippen molar-refractivity contribution in [1.82, 2.24) is 5.32 Å². The maximum atomic E-state index is 3.66. The monoisotopic (exact) mass is 477 g/mol. The summed E-state index contributed by atoms with van der Waals surface area (Å²) < 4.78 is 0. The number of rotatable bonds is 11. The van der Waals surface area contributed by atoms with Crippen LogP contribution in [-0.4, -0.2) is 0 Å². The van der Waals surface area contributed by atoms with E-state index in [0.29, 0.717) is 0 Å². The number of benzene rings is 3. The third-order valence-corrected chi connectivity index (χ3v) is 8.20. The third kappa shape index (κ3) is 6.01. The van der Waals surface area contributed by atoms with E-state index in [-0.39, 0.29) is 11.5 Å². The summed E-state index contributed by atoms with van der Waals surface area (Å²) in [6, 6.07) is 27.3. The van der Waals surface area contributed by atoms with Gasteiger partial charge in [-0.1, -0.05) is 114 Å². The largest absolute Gasteiger partial charge is 0.381 e. The van der Waals surface area contributed by atoms with Gasteiger partial charge in [0, 0.05) is 0 Å². The number of allylic oxidation sites excluding steroid dienone is 2. The van der Waals surface area contributed by atoms with Crippen LogP contribution in [0.1, 0.15) is 94.5 Å². The topological polar surface area (TPSA) is 12.0 Å². The molecular weight excluding hydrogens is 434 g/mol. The highest BCUT2D eigenvalue weighted by atomic mass is 14.9. The predicted octanol–water partition coefficient (Wildman–Crippen LogP) is 9.80. The van der Waals surface area contributed by atoms with Gasteiger partial charge in [0.1, 0.15) is 0 Å². The highest BCUT2D eigenvalue weighted by Crippen LogP contribution is 2.39. The van der Waals surface area contributed by atoms with Crippen LogP contribution < -0.4 is 5.32 Å². The van der Waals surface area contributed by atoms with E-state index in [1.165, 1.54) is 71.1 Å². The molecule has 0 fully saturated rings. The Hall–Kier alpha value is -3.06. The van der Waals surface area contributed by atoms with Crippen molar-refractivity contribution < 1.29 is 0 Å². The van der Waals surface area contributed by atoms with Crippen LogP contribution in [0, 0.1) is 0 Å². The van der Waals surface area contributed by atoms with E-state index in [2.05, 4.69) is 124 Å². The summed E-state index contributed by atoms with van der Waals surface area (Å²) in [5, 5.41) is 3.66. The molecule has 1 aliphatic heterocycles. The Morgan fingerprint density at radius 2 is 1.47 bits per heavy atom. The lowest BCUT2D eigenvalue weighted by molar-refractivity contribution is 0.432. The maximum Gasteiger partial charge on any atom is 0.0704 e. The Morgan fingerprint density at radius 3 is 2.17 bits per heavy atom. The minimum Gasteiger partial charge on any atom is -0.381 e. The second-order valence-corrected chi connectivity index (χ2v) is 10.5. The zero-order valence-corrected chi connectivity index (χ0v) is 22.7. The first-order valence-electron chi connectivity index (χ1n) is 14.0. The second kappa shape index (κ2) is 12.3.